The monoisotopic (exact) mass is 281 g/mol. The van der Waals surface area contributed by atoms with Crippen molar-refractivity contribution in [2.45, 2.75) is 6.54 Å². The van der Waals surface area contributed by atoms with Crippen LogP contribution in [0.15, 0.2) is 30.3 Å². The smallest absolute Gasteiger partial charge is 0.390 e. The average molecular weight is 282 g/mol. The molecule has 98 valence electrons. The molecule has 0 atom stereocenters. The highest BCUT2D eigenvalue weighted by molar-refractivity contribution is 6.30. The predicted octanol–water partition coefficient (Wildman–Crippen LogP) is 2.19. The summed E-state index contributed by atoms with van der Waals surface area (Å²) in [6.07, 6.45) is 0. The molecular weight excluding hydrogens is 274 g/mol. The fraction of sp³-hybridized carbons (Fsp3) is 0.0909. The third kappa shape index (κ3) is 2.89. The summed E-state index contributed by atoms with van der Waals surface area (Å²) in [6, 6.07) is 7.67. The van der Waals surface area contributed by atoms with Crippen LogP contribution in [0.2, 0.25) is 5.02 Å². The fourth-order valence-corrected chi connectivity index (χ4v) is 1.81. The number of halogens is 1. The first-order valence-corrected chi connectivity index (χ1v) is 5.55. The number of benzene rings is 1. The first-order chi connectivity index (χ1) is 8.97. The molecule has 19 heavy (non-hydrogen) atoms. The van der Waals surface area contributed by atoms with Crippen LogP contribution in [-0.4, -0.2) is 25.8 Å². The maximum Gasteiger partial charge on any atom is 0.390 e. The molecule has 1 N–H and O–H groups in total. The molecule has 2 aromatic rings. The first kappa shape index (κ1) is 13.0. The quantitative estimate of drug-likeness (QED) is 0.684. The Morgan fingerprint density at radius 1 is 1.47 bits per heavy atom. The Kier molecular flexibility index (Phi) is 3.48. The van der Waals surface area contributed by atoms with Gasteiger partial charge in [0.05, 0.1) is 17.7 Å². The molecule has 0 saturated heterocycles. The van der Waals surface area contributed by atoms with Gasteiger partial charge in [0.2, 0.25) is 0 Å². The Balaban J connectivity index is 2.38. The van der Waals surface area contributed by atoms with Crippen molar-refractivity contribution in [3.8, 4) is 0 Å². The molecule has 0 aliphatic carbocycles. The van der Waals surface area contributed by atoms with E-state index in [0.29, 0.717) is 10.6 Å². The molecule has 7 nitrogen and oxygen atoms in total. The van der Waals surface area contributed by atoms with Gasteiger partial charge in [0, 0.05) is 5.02 Å². The Morgan fingerprint density at radius 2 is 2.21 bits per heavy atom. The van der Waals surface area contributed by atoms with Gasteiger partial charge in [-0.3, -0.25) is 0 Å². The van der Waals surface area contributed by atoms with Gasteiger partial charge >= 0.3 is 11.8 Å². The molecule has 0 radical (unpaired) electrons. The molecule has 1 aromatic heterocycles. The van der Waals surface area contributed by atoms with Gasteiger partial charge in [0.25, 0.3) is 0 Å². The zero-order chi connectivity index (χ0) is 14.0. The lowest BCUT2D eigenvalue weighted by molar-refractivity contribution is -0.389. The Morgan fingerprint density at radius 3 is 2.79 bits per heavy atom. The van der Waals surface area contributed by atoms with Crippen LogP contribution in [0.3, 0.4) is 0 Å². The summed E-state index contributed by atoms with van der Waals surface area (Å²) in [4.78, 5) is 20.9. The minimum absolute atomic E-state index is 0.0933. The Labute approximate surface area is 112 Å². The van der Waals surface area contributed by atoms with E-state index in [0.717, 1.165) is 10.7 Å². The highest BCUT2D eigenvalue weighted by Gasteiger charge is 2.22. The number of hydrogen-bond acceptors (Lipinski definition) is 4. The molecule has 0 unspecified atom stereocenters. The lowest BCUT2D eigenvalue weighted by atomic mass is 10.2. The van der Waals surface area contributed by atoms with E-state index in [1.165, 1.54) is 0 Å². The lowest BCUT2D eigenvalue weighted by Gasteiger charge is -2.01. The molecule has 0 spiro atoms. The molecule has 0 aliphatic rings. The molecular formula is C11H8ClN3O4. The summed E-state index contributed by atoms with van der Waals surface area (Å²) in [5.74, 6) is -1.78. The molecule has 1 aromatic carbocycles. The number of carboxylic acid groups (broad SMARTS) is 1. The van der Waals surface area contributed by atoms with E-state index >= 15 is 0 Å². The van der Waals surface area contributed by atoms with Gasteiger partial charge in [-0.1, -0.05) is 23.7 Å². The number of carboxylic acids is 1. The lowest BCUT2D eigenvalue weighted by Crippen LogP contribution is -2.10. The Bertz CT molecular complexity index is 653. The normalized spacial score (nSPS) is 10.4. The number of carbonyl (C=O) groups is 1. The zero-order valence-corrected chi connectivity index (χ0v) is 10.2. The van der Waals surface area contributed by atoms with Gasteiger partial charge in [0.1, 0.15) is 0 Å². The van der Waals surface area contributed by atoms with E-state index in [9.17, 15) is 14.9 Å². The molecule has 2 rings (SSSR count). The van der Waals surface area contributed by atoms with Crippen LogP contribution in [0.5, 0.6) is 0 Å². The van der Waals surface area contributed by atoms with Crippen molar-refractivity contribution in [1.82, 2.24) is 9.78 Å². The predicted molar refractivity (Wildman–Crippen MR) is 66.4 cm³/mol. The highest BCUT2D eigenvalue weighted by Crippen LogP contribution is 2.16. The fourth-order valence-electron chi connectivity index (χ4n) is 1.59. The van der Waals surface area contributed by atoms with Gasteiger partial charge in [-0.2, -0.15) is 4.68 Å². The topological polar surface area (TPSA) is 98.3 Å². The standard InChI is InChI=1S/C11H8ClN3O4/c12-8-3-1-2-7(4-8)6-14-9(11(16)17)5-10(13-14)15(18)19/h1-5H,6H2,(H,16,17). The van der Waals surface area contributed by atoms with E-state index in [4.69, 9.17) is 16.7 Å². The number of aromatic nitrogens is 2. The largest absolute Gasteiger partial charge is 0.476 e. The van der Waals surface area contributed by atoms with Crippen molar-refractivity contribution < 1.29 is 14.8 Å². The summed E-state index contributed by atoms with van der Waals surface area (Å²) in [6.45, 7) is 0.0933. The van der Waals surface area contributed by atoms with Crippen LogP contribution in [0.25, 0.3) is 0 Å². The third-order valence-corrected chi connectivity index (χ3v) is 2.63. The third-order valence-electron chi connectivity index (χ3n) is 2.39. The van der Waals surface area contributed by atoms with E-state index in [1.807, 2.05) is 0 Å². The van der Waals surface area contributed by atoms with Gasteiger partial charge < -0.3 is 15.2 Å². The summed E-state index contributed by atoms with van der Waals surface area (Å²) in [5, 5.41) is 23.7. The Hall–Kier alpha value is -2.41. The van der Waals surface area contributed by atoms with Crippen LogP contribution >= 0.6 is 11.6 Å². The molecule has 0 bridgehead atoms. The van der Waals surface area contributed by atoms with Crippen molar-refractivity contribution in [1.29, 1.82) is 0 Å². The van der Waals surface area contributed by atoms with Crippen LogP contribution in [0.1, 0.15) is 16.1 Å². The van der Waals surface area contributed by atoms with E-state index in [2.05, 4.69) is 5.10 Å². The van der Waals surface area contributed by atoms with Crippen LogP contribution in [0, 0.1) is 10.1 Å². The highest BCUT2D eigenvalue weighted by atomic mass is 35.5. The summed E-state index contributed by atoms with van der Waals surface area (Å²) < 4.78 is 1.06. The van der Waals surface area contributed by atoms with Crippen molar-refractivity contribution in [2.24, 2.45) is 0 Å². The SMILES string of the molecule is O=C(O)c1cc([N+](=O)[O-])nn1Cc1cccc(Cl)c1. The summed E-state index contributed by atoms with van der Waals surface area (Å²) >= 11 is 5.81. The minimum atomic E-state index is -1.28. The van der Waals surface area contributed by atoms with Crippen LogP contribution in [-0.2, 0) is 6.54 Å². The number of aromatic carboxylic acids is 1. The van der Waals surface area contributed by atoms with Crippen LogP contribution < -0.4 is 0 Å². The zero-order valence-electron chi connectivity index (χ0n) is 9.49. The number of hydrogen-bond donors (Lipinski definition) is 1. The second-order valence-electron chi connectivity index (χ2n) is 3.74. The van der Waals surface area contributed by atoms with Crippen molar-refractivity contribution >= 4 is 23.4 Å². The maximum atomic E-state index is 11.0. The van der Waals surface area contributed by atoms with Gasteiger partial charge in [-0.05, 0) is 22.6 Å². The summed E-state index contributed by atoms with van der Waals surface area (Å²) in [7, 11) is 0. The second kappa shape index (κ2) is 5.07. The van der Waals surface area contributed by atoms with Crippen molar-refractivity contribution in [3.05, 3.63) is 56.7 Å². The van der Waals surface area contributed by atoms with Gasteiger partial charge in [-0.15, -0.1) is 0 Å². The average Bonchev–Trinajstić information content (AvgIpc) is 2.73. The van der Waals surface area contributed by atoms with E-state index < -0.39 is 16.7 Å². The van der Waals surface area contributed by atoms with Gasteiger partial charge in [-0.25, -0.2) is 4.79 Å². The number of nitrogens with zero attached hydrogens (tertiary/aromatic N) is 3. The van der Waals surface area contributed by atoms with E-state index in [-0.39, 0.29) is 12.2 Å². The number of rotatable bonds is 4. The van der Waals surface area contributed by atoms with E-state index in [1.54, 1.807) is 24.3 Å². The second-order valence-corrected chi connectivity index (χ2v) is 4.17. The first-order valence-electron chi connectivity index (χ1n) is 5.17. The summed E-state index contributed by atoms with van der Waals surface area (Å²) in [5.41, 5.74) is 0.458. The molecule has 0 aliphatic heterocycles. The molecule has 0 saturated carbocycles. The minimum Gasteiger partial charge on any atom is -0.476 e. The molecule has 0 fully saturated rings. The van der Waals surface area contributed by atoms with Gasteiger partial charge in [0.15, 0.2) is 5.69 Å². The molecule has 0 amide bonds. The van der Waals surface area contributed by atoms with Crippen LogP contribution in [0.4, 0.5) is 5.82 Å². The van der Waals surface area contributed by atoms with Crippen molar-refractivity contribution in [3.63, 3.8) is 0 Å². The number of nitro groups is 1. The molecule has 8 heteroatoms. The van der Waals surface area contributed by atoms with Crippen molar-refractivity contribution in [2.75, 3.05) is 0 Å². The molecule has 1 heterocycles. The maximum absolute atomic E-state index is 11.0.